The summed E-state index contributed by atoms with van der Waals surface area (Å²) in [5.41, 5.74) is 1.08. The molecule has 2 rings (SSSR count). The van der Waals surface area contributed by atoms with Crippen LogP contribution < -0.4 is 5.32 Å². The quantitative estimate of drug-likeness (QED) is 0.847. The van der Waals surface area contributed by atoms with Gasteiger partial charge >= 0.3 is 0 Å². The second-order valence-electron chi connectivity index (χ2n) is 4.68. The minimum atomic E-state index is 0.515. The third kappa shape index (κ3) is 2.91. The smallest absolute Gasteiger partial charge is 0.0453 e. The molecule has 0 saturated carbocycles. The number of halogens is 2. The third-order valence-corrected chi connectivity index (χ3v) is 3.98. The summed E-state index contributed by atoms with van der Waals surface area (Å²) in [5, 5.41) is 5.10. The van der Waals surface area contributed by atoms with Crippen molar-refractivity contribution >= 4 is 23.2 Å². The molecule has 0 aromatic heterocycles. The monoisotopic (exact) mass is 257 g/mol. The lowest BCUT2D eigenvalue weighted by atomic mass is 9.90. The number of hydrogen-bond donors (Lipinski definition) is 1. The Morgan fingerprint density at radius 1 is 1.31 bits per heavy atom. The van der Waals surface area contributed by atoms with Crippen molar-refractivity contribution in [2.75, 3.05) is 6.54 Å². The van der Waals surface area contributed by atoms with Crippen LogP contribution in [0.2, 0.25) is 10.0 Å². The summed E-state index contributed by atoms with van der Waals surface area (Å²) in [4.78, 5) is 0. The van der Waals surface area contributed by atoms with Crippen molar-refractivity contribution in [3.05, 3.63) is 33.8 Å². The number of piperidine rings is 1. The Morgan fingerprint density at radius 2 is 2.00 bits per heavy atom. The van der Waals surface area contributed by atoms with E-state index in [9.17, 15) is 0 Å². The second kappa shape index (κ2) is 5.39. The molecule has 1 aromatic carbocycles. The maximum absolute atomic E-state index is 6.17. The van der Waals surface area contributed by atoms with Crippen molar-refractivity contribution in [1.82, 2.24) is 5.32 Å². The van der Waals surface area contributed by atoms with Gasteiger partial charge < -0.3 is 5.32 Å². The first-order valence-electron chi connectivity index (χ1n) is 5.83. The van der Waals surface area contributed by atoms with Crippen molar-refractivity contribution in [1.29, 1.82) is 0 Å². The van der Waals surface area contributed by atoms with E-state index in [1.807, 2.05) is 18.2 Å². The van der Waals surface area contributed by atoms with E-state index in [2.05, 4.69) is 12.2 Å². The SMILES string of the molecule is CC1CCNC(Cc2c(Cl)cccc2Cl)C1. The van der Waals surface area contributed by atoms with Crippen molar-refractivity contribution in [3.63, 3.8) is 0 Å². The second-order valence-corrected chi connectivity index (χ2v) is 5.50. The summed E-state index contributed by atoms with van der Waals surface area (Å²) in [5.74, 6) is 0.799. The summed E-state index contributed by atoms with van der Waals surface area (Å²) in [6.07, 6.45) is 3.41. The zero-order valence-corrected chi connectivity index (χ0v) is 11.0. The molecule has 1 saturated heterocycles. The lowest BCUT2D eigenvalue weighted by Gasteiger charge is -2.28. The molecule has 1 aliphatic rings. The van der Waals surface area contributed by atoms with E-state index in [1.165, 1.54) is 12.8 Å². The van der Waals surface area contributed by atoms with Gasteiger partial charge in [-0.1, -0.05) is 36.2 Å². The molecule has 2 atom stereocenters. The fourth-order valence-electron chi connectivity index (χ4n) is 2.35. The van der Waals surface area contributed by atoms with Gasteiger partial charge in [0, 0.05) is 16.1 Å². The zero-order valence-electron chi connectivity index (χ0n) is 9.47. The van der Waals surface area contributed by atoms with Crippen LogP contribution >= 0.6 is 23.2 Å². The van der Waals surface area contributed by atoms with Crippen LogP contribution in [-0.2, 0) is 6.42 Å². The van der Waals surface area contributed by atoms with Crippen LogP contribution in [0.4, 0.5) is 0 Å². The summed E-state index contributed by atoms with van der Waals surface area (Å²) in [7, 11) is 0. The van der Waals surface area contributed by atoms with E-state index in [0.29, 0.717) is 6.04 Å². The van der Waals surface area contributed by atoms with Crippen LogP contribution in [0.1, 0.15) is 25.3 Å². The van der Waals surface area contributed by atoms with Gasteiger partial charge in [0.1, 0.15) is 0 Å². The highest BCUT2D eigenvalue weighted by Gasteiger charge is 2.20. The highest BCUT2D eigenvalue weighted by atomic mass is 35.5. The Bertz CT molecular complexity index is 345. The topological polar surface area (TPSA) is 12.0 Å². The fraction of sp³-hybridized carbons (Fsp3) is 0.538. The van der Waals surface area contributed by atoms with E-state index < -0.39 is 0 Å². The van der Waals surface area contributed by atoms with Gasteiger partial charge in [0.15, 0.2) is 0 Å². The molecule has 1 N–H and O–H groups in total. The summed E-state index contributed by atoms with van der Waals surface area (Å²) in [6, 6.07) is 6.23. The van der Waals surface area contributed by atoms with Gasteiger partial charge in [-0.15, -0.1) is 0 Å². The first-order chi connectivity index (χ1) is 7.66. The summed E-state index contributed by atoms with van der Waals surface area (Å²) >= 11 is 12.3. The molecule has 1 fully saturated rings. The fourth-order valence-corrected chi connectivity index (χ4v) is 2.90. The van der Waals surface area contributed by atoms with Gasteiger partial charge in [-0.05, 0) is 49.4 Å². The van der Waals surface area contributed by atoms with Crippen LogP contribution in [0.5, 0.6) is 0 Å². The number of nitrogens with one attached hydrogen (secondary N) is 1. The molecule has 2 unspecified atom stereocenters. The Hall–Kier alpha value is -0.240. The number of hydrogen-bond acceptors (Lipinski definition) is 1. The van der Waals surface area contributed by atoms with Crippen molar-refractivity contribution in [3.8, 4) is 0 Å². The molecule has 1 nitrogen and oxygen atoms in total. The first-order valence-corrected chi connectivity index (χ1v) is 6.58. The minimum Gasteiger partial charge on any atom is -0.314 e. The van der Waals surface area contributed by atoms with Gasteiger partial charge in [-0.3, -0.25) is 0 Å². The molecule has 16 heavy (non-hydrogen) atoms. The van der Waals surface area contributed by atoms with Gasteiger partial charge in [0.25, 0.3) is 0 Å². The van der Waals surface area contributed by atoms with Crippen LogP contribution in [0, 0.1) is 5.92 Å². The molecular formula is C13H17Cl2N. The van der Waals surface area contributed by atoms with E-state index >= 15 is 0 Å². The van der Waals surface area contributed by atoms with Crippen LogP contribution in [0.15, 0.2) is 18.2 Å². The Morgan fingerprint density at radius 3 is 2.62 bits per heavy atom. The summed E-state index contributed by atoms with van der Waals surface area (Å²) in [6.45, 7) is 3.41. The van der Waals surface area contributed by atoms with Gasteiger partial charge in [0.2, 0.25) is 0 Å². The van der Waals surface area contributed by atoms with Crippen LogP contribution in [0.3, 0.4) is 0 Å². The molecule has 1 aliphatic heterocycles. The molecule has 0 aliphatic carbocycles. The predicted molar refractivity (Wildman–Crippen MR) is 70.4 cm³/mol. The highest BCUT2D eigenvalue weighted by Crippen LogP contribution is 2.27. The van der Waals surface area contributed by atoms with Gasteiger partial charge in [0.05, 0.1) is 0 Å². The van der Waals surface area contributed by atoms with Gasteiger partial charge in [-0.2, -0.15) is 0 Å². The molecule has 1 aromatic rings. The molecule has 88 valence electrons. The largest absolute Gasteiger partial charge is 0.314 e. The van der Waals surface area contributed by atoms with Gasteiger partial charge in [-0.25, -0.2) is 0 Å². The van der Waals surface area contributed by atoms with E-state index in [4.69, 9.17) is 23.2 Å². The lowest BCUT2D eigenvalue weighted by molar-refractivity contribution is 0.318. The third-order valence-electron chi connectivity index (χ3n) is 3.27. The average Bonchev–Trinajstić information content (AvgIpc) is 2.24. The minimum absolute atomic E-state index is 0.515. The highest BCUT2D eigenvalue weighted by molar-refractivity contribution is 6.35. The molecular weight excluding hydrogens is 241 g/mol. The maximum Gasteiger partial charge on any atom is 0.0453 e. The zero-order chi connectivity index (χ0) is 11.5. The average molecular weight is 258 g/mol. The molecule has 0 amide bonds. The first kappa shape index (κ1) is 12.2. The maximum atomic E-state index is 6.17. The predicted octanol–water partition coefficient (Wildman–Crippen LogP) is 3.92. The molecule has 1 heterocycles. The van der Waals surface area contributed by atoms with E-state index in [1.54, 1.807) is 0 Å². The summed E-state index contributed by atoms with van der Waals surface area (Å²) < 4.78 is 0. The molecule has 0 radical (unpaired) electrons. The Kier molecular flexibility index (Phi) is 4.12. The van der Waals surface area contributed by atoms with Crippen molar-refractivity contribution < 1.29 is 0 Å². The normalized spacial score (nSPS) is 25.7. The molecule has 3 heteroatoms. The van der Waals surface area contributed by atoms with Crippen molar-refractivity contribution in [2.24, 2.45) is 5.92 Å². The van der Waals surface area contributed by atoms with E-state index in [0.717, 1.165) is 34.5 Å². The molecule has 0 bridgehead atoms. The number of rotatable bonds is 2. The Labute approximate surface area is 107 Å². The Balaban J connectivity index is 2.08. The lowest BCUT2D eigenvalue weighted by Crippen LogP contribution is -2.38. The van der Waals surface area contributed by atoms with E-state index in [-0.39, 0.29) is 0 Å². The van der Waals surface area contributed by atoms with Crippen LogP contribution in [0.25, 0.3) is 0 Å². The molecule has 0 spiro atoms. The standard InChI is InChI=1S/C13H17Cl2N/c1-9-5-6-16-10(7-9)8-11-12(14)3-2-4-13(11)15/h2-4,9-10,16H,5-8H2,1H3. The number of benzene rings is 1. The van der Waals surface area contributed by atoms with Crippen molar-refractivity contribution in [2.45, 2.75) is 32.2 Å². The van der Waals surface area contributed by atoms with Crippen LogP contribution in [-0.4, -0.2) is 12.6 Å².